The molecule has 8 heteroatoms. The summed E-state index contributed by atoms with van der Waals surface area (Å²) >= 11 is 11.9. The number of carbonyl (C=O) groups excluding carboxylic acids is 1. The van der Waals surface area contributed by atoms with Crippen molar-refractivity contribution in [1.82, 2.24) is 4.98 Å². The Labute approximate surface area is 159 Å². The average Bonchev–Trinajstić information content (AvgIpc) is 3.15. The standard InChI is InChI=1S/C18H15Cl2FN2O3/c19-10-2-1-9(6-11(10)20)23-18(25)16-13-7-12(24)17(26-13)15(16)8-3-4-22-14(21)5-8/h1-6,12-13,15-17,24H,7H2,(H,23,25)/t12-,13+,15+,16+,17-/m0/s1. The molecule has 0 unspecified atom stereocenters. The number of benzene rings is 1. The van der Waals surface area contributed by atoms with E-state index in [4.69, 9.17) is 27.9 Å². The van der Waals surface area contributed by atoms with E-state index < -0.39 is 36.1 Å². The lowest BCUT2D eigenvalue weighted by Crippen LogP contribution is -2.41. The number of anilines is 1. The number of hydrogen-bond donors (Lipinski definition) is 2. The maximum Gasteiger partial charge on any atom is 0.230 e. The highest BCUT2D eigenvalue weighted by molar-refractivity contribution is 6.42. The van der Waals surface area contributed by atoms with Crippen molar-refractivity contribution in [3.8, 4) is 0 Å². The molecule has 2 bridgehead atoms. The van der Waals surface area contributed by atoms with E-state index in [1.807, 2.05) is 0 Å². The van der Waals surface area contributed by atoms with Crippen LogP contribution in [0.15, 0.2) is 36.5 Å². The molecule has 0 spiro atoms. The van der Waals surface area contributed by atoms with Crippen molar-refractivity contribution in [2.75, 3.05) is 5.32 Å². The van der Waals surface area contributed by atoms with Crippen LogP contribution in [0.4, 0.5) is 10.1 Å². The summed E-state index contributed by atoms with van der Waals surface area (Å²) in [4.78, 5) is 16.5. The van der Waals surface area contributed by atoms with Gasteiger partial charge < -0.3 is 15.2 Å². The second kappa shape index (κ2) is 6.78. The van der Waals surface area contributed by atoms with E-state index in [0.717, 1.165) is 0 Å². The van der Waals surface area contributed by atoms with Crippen molar-refractivity contribution in [2.45, 2.75) is 30.7 Å². The van der Waals surface area contributed by atoms with Gasteiger partial charge in [0.1, 0.15) is 0 Å². The maximum absolute atomic E-state index is 13.6. The lowest BCUT2D eigenvalue weighted by molar-refractivity contribution is -0.121. The van der Waals surface area contributed by atoms with Gasteiger partial charge in [-0.05, 0) is 35.9 Å². The van der Waals surface area contributed by atoms with Crippen LogP contribution < -0.4 is 5.32 Å². The van der Waals surface area contributed by atoms with Gasteiger partial charge in [-0.1, -0.05) is 23.2 Å². The quantitative estimate of drug-likeness (QED) is 0.779. The van der Waals surface area contributed by atoms with E-state index >= 15 is 0 Å². The molecule has 2 saturated heterocycles. The summed E-state index contributed by atoms with van der Waals surface area (Å²) in [5.74, 6) is -1.92. The lowest BCUT2D eigenvalue weighted by Gasteiger charge is -2.30. The van der Waals surface area contributed by atoms with Gasteiger partial charge in [-0.25, -0.2) is 4.98 Å². The number of fused-ring (bicyclic) bond motifs is 2. The van der Waals surface area contributed by atoms with Gasteiger partial charge in [0, 0.05) is 24.2 Å². The zero-order chi connectivity index (χ0) is 18.4. The molecule has 5 nitrogen and oxygen atoms in total. The minimum atomic E-state index is -0.685. The third kappa shape index (κ3) is 3.07. The van der Waals surface area contributed by atoms with Crippen LogP contribution in [0.2, 0.25) is 10.0 Å². The van der Waals surface area contributed by atoms with Gasteiger partial charge in [-0.3, -0.25) is 4.79 Å². The van der Waals surface area contributed by atoms with Gasteiger partial charge in [0.15, 0.2) is 0 Å². The Hall–Kier alpha value is -1.73. The average molecular weight is 397 g/mol. The molecular weight excluding hydrogens is 382 g/mol. The molecule has 2 aliphatic heterocycles. The number of rotatable bonds is 3. The maximum atomic E-state index is 13.6. The summed E-state index contributed by atoms with van der Waals surface area (Å²) in [6, 6.07) is 7.73. The first-order valence-corrected chi connectivity index (χ1v) is 8.90. The number of aliphatic hydroxyl groups is 1. The first-order valence-electron chi connectivity index (χ1n) is 8.15. The molecule has 5 atom stereocenters. The number of ether oxygens (including phenoxy) is 1. The summed E-state index contributed by atoms with van der Waals surface area (Å²) < 4.78 is 19.4. The Morgan fingerprint density at radius 3 is 2.81 bits per heavy atom. The monoisotopic (exact) mass is 396 g/mol. The summed E-state index contributed by atoms with van der Waals surface area (Å²) in [5.41, 5.74) is 1.09. The fourth-order valence-corrected chi connectivity index (χ4v) is 4.16. The molecule has 2 aliphatic rings. The molecule has 4 rings (SSSR count). The number of amides is 1. The number of carbonyl (C=O) groups is 1. The minimum Gasteiger partial charge on any atom is -0.390 e. The molecule has 1 aromatic carbocycles. The molecule has 2 aromatic rings. The summed E-state index contributed by atoms with van der Waals surface area (Å²) in [5, 5.41) is 13.7. The third-order valence-corrected chi connectivity index (χ3v) is 5.69. The van der Waals surface area contributed by atoms with Crippen LogP contribution in [0, 0.1) is 11.9 Å². The van der Waals surface area contributed by atoms with E-state index in [2.05, 4.69) is 10.3 Å². The van der Waals surface area contributed by atoms with Crippen LogP contribution in [-0.2, 0) is 9.53 Å². The van der Waals surface area contributed by atoms with Crippen molar-refractivity contribution < 1.29 is 19.0 Å². The number of halogens is 3. The molecule has 0 saturated carbocycles. The summed E-state index contributed by atoms with van der Waals surface area (Å²) in [7, 11) is 0. The van der Waals surface area contributed by atoms with E-state index in [-0.39, 0.29) is 5.91 Å². The smallest absolute Gasteiger partial charge is 0.230 e. The highest BCUT2D eigenvalue weighted by Gasteiger charge is 2.57. The number of nitrogens with one attached hydrogen (secondary N) is 1. The predicted molar refractivity (Wildman–Crippen MR) is 94.8 cm³/mol. The van der Waals surface area contributed by atoms with Gasteiger partial charge in [0.2, 0.25) is 11.9 Å². The van der Waals surface area contributed by atoms with Crippen molar-refractivity contribution in [3.63, 3.8) is 0 Å². The number of aliphatic hydroxyl groups excluding tert-OH is 1. The van der Waals surface area contributed by atoms with Crippen molar-refractivity contribution in [2.24, 2.45) is 5.92 Å². The number of pyridine rings is 1. The topological polar surface area (TPSA) is 71.5 Å². The van der Waals surface area contributed by atoms with Crippen molar-refractivity contribution >= 4 is 34.8 Å². The van der Waals surface area contributed by atoms with E-state index in [1.54, 1.807) is 24.3 Å². The van der Waals surface area contributed by atoms with Gasteiger partial charge in [-0.15, -0.1) is 0 Å². The SMILES string of the molecule is O=C(Nc1ccc(Cl)c(Cl)c1)[C@H]1[C@@H](c2ccnc(F)c2)[C@H]2O[C@@H]1C[C@@H]2O. The van der Waals surface area contributed by atoms with Crippen LogP contribution in [0.3, 0.4) is 0 Å². The number of hydrogen-bond acceptors (Lipinski definition) is 4. The van der Waals surface area contributed by atoms with Gasteiger partial charge in [0.25, 0.3) is 0 Å². The van der Waals surface area contributed by atoms with E-state index in [9.17, 15) is 14.3 Å². The predicted octanol–water partition coefficient (Wildman–Crippen LogP) is 3.40. The van der Waals surface area contributed by atoms with Gasteiger partial charge in [0.05, 0.1) is 34.3 Å². The molecule has 2 N–H and O–H groups in total. The molecule has 2 fully saturated rings. The van der Waals surface area contributed by atoms with Crippen molar-refractivity contribution in [3.05, 3.63) is 58.1 Å². The molecular formula is C18H15Cl2FN2O3. The second-order valence-corrected chi connectivity index (χ2v) is 7.34. The molecule has 0 aliphatic carbocycles. The molecule has 136 valence electrons. The molecule has 0 radical (unpaired) electrons. The van der Waals surface area contributed by atoms with Crippen LogP contribution in [-0.4, -0.2) is 34.3 Å². The fraction of sp³-hybridized carbons (Fsp3) is 0.333. The molecule has 1 amide bonds. The van der Waals surface area contributed by atoms with Crippen LogP contribution in [0.1, 0.15) is 17.9 Å². The first kappa shape index (κ1) is 17.7. The van der Waals surface area contributed by atoms with E-state index in [0.29, 0.717) is 27.7 Å². The second-order valence-electron chi connectivity index (χ2n) is 6.52. The van der Waals surface area contributed by atoms with E-state index in [1.165, 1.54) is 12.3 Å². The first-order chi connectivity index (χ1) is 12.4. The third-order valence-electron chi connectivity index (χ3n) is 4.95. The van der Waals surface area contributed by atoms with Gasteiger partial charge in [-0.2, -0.15) is 4.39 Å². The Bertz CT molecular complexity index is 866. The Kier molecular flexibility index (Phi) is 4.61. The highest BCUT2D eigenvalue weighted by atomic mass is 35.5. The van der Waals surface area contributed by atoms with Crippen molar-refractivity contribution in [1.29, 1.82) is 0 Å². The summed E-state index contributed by atoms with van der Waals surface area (Å²) in [6.07, 6.45) is 0.0474. The molecule has 1 aromatic heterocycles. The van der Waals surface area contributed by atoms with Gasteiger partial charge >= 0.3 is 0 Å². The molecule has 26 heavy (non-hydrogen) atoms. The Balaban J connectivity index is 1.62. The summed E-state index contributed by atoms with van der Waals surface area (Å²) in [6.45, 7) is 0. The lowest BCUT2D eigenvalue weighted by atomic mass is 9.74. The number of nitrogens with zero attached hydrogens (tertiary/aromatic N) is 1. The van der Waals surface area contributed by atoms with Crippen LogP contribution >= 0.6 is 23.2 Å². The Morgan fingerprint density at radius 1 is 1.27 bits per heavy atom. The molecule has 3 heterocycles. The van der Waals surface area contributed by atoms with Crippen LogP contribution in [0.5, 0.6) is 0 Å². The zero-order valence-electron chi connectivity index (χ0n) is 13.4. The largest absolute Gasteiger partial charge is 0.390 e. The highest BCUT2D eigenvalue weighted by Crippen LogP contribution is 2.49. The zero-order valence-corrected chi connectivity index (χ0v) is 14.9. The number of aromatic nitrogens is 1. The fourth-order valence-electron chi connectivity index (χ4n) is 3.86. The minimum absolute atomic E-state index is 0.273. The Morgan fingerprint density at radius 2 is 2.08 bits per heavy atom. The normalized spacial score (nSPS) is 29.8. The van der Waals surface area contributed by atoms with Crippen LogP contribution in [0.25, 0.3) is 0 Å².